The highest BCUT2D eigenvalue weighted by molar-refractivity contribution is 5.72. The molecule has 9 heteroatoms. The fraction of sp³-hybridized carbons (Fsp3) is 0.217. The summed E-state index contributed by atoms with van der Waals surface area (Å²) in [6, 6.07) is 13.2. The molecule has 1 aliphatic rings. The molecular formula is C23H22N4O5. The first-order valence-corrected chi connectivity index (χ1v) is 9.66. The first kappa shape index (κ1) is 20.9. The van der Waals surface area contributed by atoms with E-state index in [0.29, 0.717) is 39.9 Å². The maximum Gasteiger partial charge on any atom is 0.244 e. The van der Waals surface area contributed by atoms with Gasteiger partial charge in [-0.05, 0) is 42.0 Å². The van der Waals surface area contributed by atoms with Crippen molar-refractivity contribution in [1.29, 1.82) is 5.26 Å². The Kier molecular flexibility index (Phi) is 5.52. The van der Waals surface area contributed by atoms with E-state index in [0.717, 1.165) is 11.3 Å². The summed E-state index contributed by atoms with van der Waals surface area (Å²) in [5.74, 6) is 1.80. The van der Waals surface area contributed by atoms with Gasteiger partial charge in [-0.3, -0.25) is 5.10 Å². The summed E-state index contributed by atoms with van der Waals surface area (Å²) in [5, 5.41) is 17.3. The molecule has 1 unspecified atom stereocenters. The van der Waals surface area contributed by atoms with Crippen molar-refractivity contribution in [2.24, 2.45) is 5.73 Å². The van der Waals surface area contributed by atoms with Crippen LogP contribution in [0.1, 0.15) is 17.0 Å². The Hall–Kier alpha value is -4.32. The zero-order valence-electron chi connectivity index (χ0n) is 18.1. The Morgan fingerprint density at radius 1 is 1.00 bits per heavy atom. The van der Waals surface area contributed by atoms with Crippen molar-refractivity contribution in [3.8, 4) is 46.2 Å². The number of nitrogens with two attached hydrogens (primary N) is 1. The first-order chi connectivity index (χ1) is 15.6. The van der Waals surface area contributed by atoms with E-state index in [2.05, 4.69) is 16.3 Å². The normalized spacial score (nSPS) is 14.8. The third-order valence-corrected chi connectivity index (χ3v) is 5.34. The van der Waals surface area contributed by atoms with Crippen LogP contribution in [0.25, 0.3) is 11.3 Å². The van der Waals surface area contributed by atoms with Crippen LogP contribution >= 0.6 is 0 Å². The number of fused-ring (bicyclic) bond motifs is 1. The van der Waals surface area contributed by atoms with Crippen LogP contribution < -0.4 is 29.4 Å². The number of H-pyrrole nitrogens is 1. The molecule has 0 saturated heterocycles. The second-order valence-electron chi connectivity index (χ2n) is 6.93. The lowest BCUT2D eigenvalue weighted by Gasteiger charge is -2.25. The second kappa shape index (κ2) is 8.43. The molecule has 0 bridgehead atoms. The van der Waals surface area contributed by atoms with E-state index in [-0.39, 0.29) is 11.5 Å². The maximum atomic E-state index is 9.94. The number of methoxy groups -OCH3 is 4. The Balaban J connectivity index is 1.95. The van der Waals surface area contributed by atoms with Crippen molar-refractivity contribution >= 4 is 0 Å². The summed E-state index contributed by atoms with van der Waals surface area (Å²) in [4.78, 5) is 0. The van der Waals surface area contributed by atoms with Crippen molar-refractivity contribution in [1.82, 2.24) is 10.2 Å². The molecule has 2 heterocycles. The molecule has 0 saturated carbocycles. The monoisotopic (exact) mass is 434 g/mol. The Morgan fingerprint density at radius 2 is 1.66 bits per heavy atom. The minimum absolute atomic E-state index is 0.00784. The van der Waals surface area contributed by atoms with Gasteiger partial charge in [-0.15, -0.1) is 5.10 Å². The number of nitriles is 1. The van der Waals surface area contributed by atoms with Crippen molar-refractivity contribution in [2.75, 3.05) is 28.4 Å². The van der Waals surface area contributed by atoms with Gasteiger partial charge in [0.05, 0.1) is 45.6 Å². The highest BCUT2D eigenvalue weighted by Crippen LogP contribution is 2.49. The van der Waals surface area contributed by atoms with Gasteiger partial charge in [-0.2, -0.15) is 5.26 Å². The van der Waals surface area contributed by atoms with Gasteiger partial charge in [0.15, 0.2) is 11.5 Å². The van der Waals surface area contributed by atoms with E-state index in [4.69, 9.17) is 29.4 Å². The minimum atomic E-state index is -0.576. The molecule has 0 amide bonds. The largest absolute Gasteiger partial charge is 0.497 e. The molecule has 1 aromatic heterocycles. The zero-order chi connectivity index (χ0) is 22.8. The number of benzene rings is 2. The second-order valence-corrected chi connectivity index (χ2v) is 6.93. The van der Waals surface area contributed by atoms with E-state index in [1.807, 2.05) is 24.3 Å². The molecule has 2 aromatic carbocycles. The maximum absolute atomic E-state index is 9.94. The topological polar surface area (TPSA) is 125 Å². The summed E-state index contributed by atoms with van der Waals surface area (Å²) in [5.41, 5.74) is 9.27. The van der Waals surface area contributed by atoms with Crippen molar-refractivity contribution < 1.29 is 23.7 Å². The molecule has 1 aliphatic heterocycles. The van der Waals surface area contributed by atoms with Gasteiger partial charge < -0.3 is 29.4 Å². The predicted octanol–water partition coefficient (Wildman–Crippen LogP) is 3.33. The molecule has 3 aromatic rings. The van der Waals surface area contributed by atoms with E-state index in [1.54, 1.807) is 19.2 Å². The average molecular weight is 434 g/mol. The molecule has 0 radical (unpaired) electrons. The molecule has 9 nitrogen and oxygen atoms in total. The Morgan fingerprint density at radius 3 is 2.19 bits per heavy atom. The summed E-state index contributed by atoms with van der Waals surface area (Å²) in [6.07, 6.45) is 0. The summed E-state index contributed by atoms with van der Waals surface area (Å²) in [6.45, 7) is 0. The number of nitrogens with one attached hydrogen (secondary N) is 1. The third kappa shape index (κ3) is 3.32. The number of hydrogen-bond acceptors (Lipinski definition) is 8. The quantitative estimate of drug-likeness (QED) is 0.605. The lowest BCUT2D eigenvalue weighted by atomic mass is 9.82. The lowest BCUT2D eigenvalue weighted by molar-refractivity contribution is 0.323. The van der Waals surface area contributed by atoms with Gasteiger partial charge in [0.2, 0.25) is 17.5 Å². The van der Waals surface area contributed by atoms with Gasteiger partial charge in [0.25, 0.3) is 0 Å². The predicted molar refractivity (Wildman–Crippen MR) is 116 cm³/mol. The minimum Gasteiger partial charge on any atom is -0.497 e. The molecule has 4 rings (SSSR count). The number of nitrogens with zero attached hydrogens (tertiary/aromatic N) is 2. The van der Waals surface area contributed by atoms with E-state index in [1.165, 1.54) is 21.3 Å². The van der Waals surface area contributed by atoms with Crippen LogP contribution in [0.3, 0.4) is 0 Å². The zero-order valence-corrected chi connectivity index (χ0v) is 18.1. The van der Waals surface area contributed by atoms with Crippen LogP contribution in [0, 0.1) is 11.3 Å². The Bertz CT molecular complexity index is 1200. The van der Waals surface area contributed by atoms with Crippen LogP contribution in [0.5, 0.6) is 28.9 Å². The first-order valence-electron chi connectivity index (χ1n) is 9.66. The van der Waals surface area contributed by atoms with Crippen LogP contribution in [0.15, 0.2) is 47.9 Å². The molecular weight excluding hydrogens is 412 g/mol. The van der Waals surface area contributed by atoms with Crippen LogP contribution in [-0.4, -0.2) is 38.6 Å². The SMILES string of the molecule is COc1ccc(-c2[nH]nc3c2C(c2cc(OC)c(OC)c(OC)c2)C(C#N)=C(N)O3)cc1. The standard InChI is InChI=1S/C23H22N4O5/c1-28-14-7-5-12(6-8-14)20-19-18(15(11-24)22(25)32-23(19)27-26-20)13-9-16(29-2)21(31-4)17(10-13)30-3/h5-10,18H,25H2,1-4H3,(H,26,27). The van der Waals surface area contributed by atoms with Crippen LogP contribution in [0.2, 0.25) is 0 Å². The molecule has 164 valence electrons. The number of rotatable bonds is 6. The average Bonchev–Trinajstić information content (AvgIpc) is 3.25. The van der Waals surface area contributed by atoms with Crippen molar-refractivity contribution in [3.63, 3.8) is 0 Å². The summed E-state index contributed by atoms with van der Waals surface area (Å²) < 4.78 is 27.4. The van der Waals surface area contributed by atoms with Crippen LogP contribution in [0.4, 0.5) is 0 Å². The summed E-state index contributed by atoms with van der Waals surface area (Å²) >= 11 is 0. The van der Waals surface area contributed by atoms with Gasteiger partial charge in [0.1, 0.15) is 17.4 Å². The highest BCUT2D eigenvalue weighted by Gasteiger charge is 2.36. The summed E-state index contributed by atoms with van der Waals surface area (Å²) in [7, 11) is 6.20. The highest BCUT2D eigenvalue weighted by atomic mass is 16.5. The molecule has 0 aliphatic carbocycles. The van der Waals surface area contributed by atoms with Crippen LogP contribution in [-0.2, 0) is 0 Å². The number of allylic oxidation sites excluding steroid dienone is 1. The van der Waals surface area contributed by atoms with Gasteiger partial charge in [0, 0.05) is 5.56 Å². The Labute approximate surface area is 184 Å². The fourth-order valence-corrected chi connectivity index (χ4v) is 3.82. The van der Waals surface area contributed by atoms with Gasteiger partial charge in [-0.25, -0.2) is 0 Å². The molecule has 1 atom stereocenters. The van der Waals surface area contributed by atoms with Crippen molar-refractivity contribution in [3.05, 3.63) is 59.0 Å². The third-order valence-electron chi connectivity index (χ3n) is 5.34. The molecule has 0 spiro atoms. The number of aromatic amines is 1. The van der Waals surface area contributed by atoms with Gasteiger partial charge >= 0.3 is 0 Å². The van der Waals surface area contributed by atoms with E-state index in [9.17, 15) is 5.26 Å². The number of aromatic nitrogens is 2. The molecule has 3 N–H and O–H groups in total. The smallest absolute Gasteiger partial charge is 0.244 e. The fourth-order valence-electron chi connectivity index (χ4n) is 3.82. The lowest BCUT2D eigenvalue weighted by Crippen LogP contribution is -2.21. The van der Waals surface area contributed by atoms with Gasteiger partial charge in [-0.1, -0.05) is 0 Å². The van der Waals surface area contributed by atoms with E-state index < -0.39 is 5.92 Å². The number of ether oxygens (including phenoxy) is 5. The van der Waals surface area contributed by atoms with E-state index >= 15 is 0 Å². The molecule has 0 fully saturated rings. The number of hydrogen-bond donors (Lipinski definition) is 2. The van der Waals surface area contributed by atoms with Crippen molar-refractivity contribution in [2.45, 2.75) is 5.92 Å². The molecule has 32 heavy (non-hydrogen) atoms.